The van der Waals surface area contributed by atoms with Crippen molar-refractivity contribution in [3.05, 3.63) is 35.9 Å². The highest BCUT2D eigenvalue weighted by Crippen LogP contribution is 2.59. The summed E-state index contributed by atoms with van der Waals surface area (Å²) in [6, 6.07) is 9.33. The molecular weight excluding hydrogens is 448 g/mol. The second kappa shape index (κ2) is 5.13. The number of alkyl halides is 2. The molecule has 3 rings (SSSR count). The topological polar surface area (TPSA) is 80.5 Å². The maximum Gasteiger partial charge on any atom is 0.255 e. The highest BCUT2D eigenvalue weighted by Gasteiger charge is 2.79. The summed E-state index contributed by atoms with van der Waals surface area (Å²) in [5.41, 5.74) is 5.30. The number of halogens is 2. The van der Waals surface area contributed by atoms with Crippen molar-refractivity contribution < 1.29 is 13.8 Å². The summed E-state index contributed by atoms with van der Waals surface area (Å²) in [5, 5.41) is -0.638. The van der Waals surface area contributed by atoms with Crippen molar-refractivity contribution in [3.8, 4) is 0 Å². The Bertz CT molecular complexity index is 723. The monoisotopic (exact) mass is 462 g/mol. The Morgan fingerprint density at radius 3 is 2.39 bits per heavy atom. The summed E-state index contributed by atoms with van der Waals surface area (Å²) in [6.07, 6.45) is 0.236. The van der Waals surface area contributed by atoms with E-state index in [9.17, 15) is 13.8 Å². The molecule has 2 N–H and O–H groups in total. The van der Waals surface area contributed by atoms with Gasteiger partial charge in [0.2, 0.25) is 5.91 Å². The van der Waals surface area contributed by atoms with E-state index in [4.69, 9.17) is 5.73 Å². The zero-order chi connectivity index (χ0) is 17.2. The van der Waals surface area contributed by atoms with Crippen LogP contribution in [0, 0.1) is 0 Å². The molecule has 23 heavy (non-hydrogen) atoms. The predicted molar refractivity (Wildman–Crippen MR) is 95.5 cm³/mol. The first-order valence-corrected chi connectivity index (χ1v) is 9.84. The molecule has 2 saturated heterocycles. The van der Waals surface area contributed by atoms with Gasteiger partial charge in [-0.1, -0.05) is 62.2 Å². The molecule has 124 valence electrons. The molecule has 0 aromatic heterocycles. The molecule has 0 radical (unpaired) electrons. The van der Waals surface area contributed by atoms with Gasteiger partial charge in [-0.25, -0.2) is 0 Å². The lowest BCUT2D eigenvalue weighted by molar-refractivity contribution is -0.157. The average molecular weight is 464 g/mol. The minimum absolute atomic E-state index is 0.236. The van der Waals surface area contributed by atoms with Gasteiger partial charge in [0.15, 0.2) is 3.23 Å². The summed E-state index contributed by atoms with van der Waals surface area (Å²) >= 11 is 6.59. The Labute approximate surface area is 153 Å². The number of amides is 2. The Hall–Kier alpha value is -0.730. The van der Waals surface area contributed by atoms with E-state index in [1.165, 1.54) is 4.90 Å². The standard InChI is InChI=1S/C15H16Br2N2O3S/c1-13(2)14(10(18)20,8-9-6-4-3-5-7-9)19-11(21)15(16,17)12(19)23(13)22/h3-7,12H,8H2,1-2H3,(H2,18,20)/t12-,14+,23+/m1/s1. The van der Waals surface area contributed by atoms with Crippen LogP contribution in [0.4, 0.5) is 0 Å². The molecule has 0 aliphatic carbocycles. The molecule has 2 aliphatic rings. The summed E-state index contributed by atoms with van der Waals surface area (Å²) in [7, 11) is -1.46. The van der Waals surface area contributed by atoms with Crippen LogP contribution in [0.15, 0.2) is 30.3 Å². The second-order valence-electron chi connectivity index (χ2n) is 6.35. The van der Waals surface area contributed by atoms with Gasteiger partial charge in [-0.3, -0.25) is 13.8 Å². The van der Waals surface area contributed by atoms with Crippen LogP contribution >= 0.6 is 31.9 Å². The molecule has 2 heterocycles. The van der Waals surface area contributed by atoms with E-state index in [1.807, 2.05) is 30.3 Å². The summed E-state index contributed by atoms with van der Waals surface area (Å²) in [5.74, 6) is -0.956. The number of carbonyl (C=O) groups excluding carboxylic acids is 2. The number of hydrogen-bond acceptors (Lipinski definition) is 3. The third-order valence-corrected chi connectivity index (χ3v) is 9.34. The average Bonchev–Trinajstić information content (AvgIpc) is 2.65. The van der Waals surface area contributed by atoms with Gasteiger partial charge in [0.1, 0.15) is 10.9 Å². The third kappa shape index (κ3) is 1.97. The zero-order valence-electron chi connectivity index (χ0n) is 12.6. The Morgan fingerprint density at radius 1 is 1.30 bits per heavy atom. The SMILES string of the molecule is CC1(C)[S@@](=O)[C@H]2N(C(=O)C2(Br)Br)[C@@]1(Cc1ccccc1)C(N)=O. The lowest BCUT2D eigenvalue weighted by Gasteiger charge is -2.51. The lowest BCUT2D eigenvalue weighted by Crippen LogP contribution is -2.76. The largest absolute Gasteiger partial charge is 0.368 e. The van der Waals surface area contributed by atoms with Crippen molar-refractivity contribution in [1.29, 1.82) is 0 Å². The molecule has 0 saturated carbocycles. The van der Waals surface area contributed by atoms with Crippen LogP contribution in [0.5, 0.6) is 0 Å². The van der Waals surface area contributed by atoms with Crippen LogP contribution in [-0.4, -0.2) is 39.8 Å². The van der Waals surface area contributed by atoms with Crippen molar-refractivity contribution in [2.24, 2.45) is 5.73 Å². The summed E-state index contributed by atoms with van der Waals surface area (Å²) in [4.78, 5) is 26.5. The first-order chi connectivity index (χ1) is 10.6. The van der Waals surface area contributed by atoms with Gasteiger partial charge in [-0.15, -0.1) is 0 Å². The maximum atomic E-state index is 13.0. The third-order valence-electron chi connectivity index (χ3n) is 4.87. The fourth-order valence-corrected chi connectivity index (χ4v) is 7.31. The van der Waals surface area contributed by atoms with Gasteiger partial charge in [0.25, 0.3) is 5.91 Å². The number of carbonyl (C=O) groups is 2. The number of primary amides is 1. The lowest BCUT2D eigenvalue weighted by atomic mass is 9.76. The Balaban J connectivity index is 2.17. The molecule has 0 spiro atoms. The molecule has 2 fully saturated rings. The molecule has 8 heteroatoms. The predicted octanol–water partition coefficient (Wildman–Crippen LogP) is 1.65. The van der Waals surface area contributed by atoms with Crippen LogP contribution in [0.3, 0.4) is 0 Å². The minimum Gasteiger partial charge on any atom is -0.368 e. The zero-order valence-corrected chi connectivity index (χ0v) is 16.6. The number of fused-ring (bicyclic) bond motifs is 1. The fourth-order valence-electron chi connectivity index (χ4n) is 3.50. The van der Waals surface area contributed by atoms with Gasteiger partial charge in [0, 0.05) is 6.42 Å². The van der Waals surface area contributed by atoms with E-state index >= 15 is 0 Å². The molecular formula is C15H16Br2N2O3S. The second-order valence-corrected chi connectivity index (χ2v) is 12.0. The highest BCUT2D eigenvalue weighted by molar-refractivity contribution is 9.26. The maximum absolute atomic E-state index is 13.0. The molecule has 2 aliphatic heterocycles. The number of hydrogen-bond donors (Lipinski definition) is 1. The number of nitrogens with two attached hydrogens (primary N) is 1. The van der Waals surface area contributed by atoms with Crippen LogP contribution in [0.25, 0.3) is 0 Å². The van der Waals surface area contributed by atoms with Crippen LogP contribution in [0.1, 0.15) is 19.4 Å². The minimum atomic E-state index is -1.46. The van der Waals surface area contributed by atoms with Crippen LogP contribution < -0.4 is 5.73 Å². The van der Waals surface area contributed by atoms with Crippen molar-refractivity contribution in [2.75, 3.05) is 0 Å². The number of nitrogens with zero attached hydrogens (tertiary/aromatic N) is 1. The van der Waals surface area contributed by atoms with E-state index in [0.717, 1.165) is 5.56 Å². The van der Waals surface area contributed by atoms with Gasteiger partial charge in [0.05, 0.1) is 15.5 Å². The molecule has 0 bridgehead atoms. The van der Waals surface area contributed by atoms with Gasteiger partial charge in [-0.05, 0) is 19.4 Å². The van der Waals surface area contributed by atoms with E-state index in [0.29, 0.717) is 0 Å². The van der Waals surface area contributed by atoms with E-state index in [1.54, 1.807) is 13.8 Å². The number of β-lactam (4-membered cyclic amide) rings is 1. The smallest absolute Gasteiger partial charge is 0.255 e. The van der Waals surface area contributed by atoms with Crippen molar-refractivity contribution in [2.45, 2.75) is 39.2 Å². The first kappa shape index (κ1) is 17.1. The molecule has 3 atom stereocenters. The number of benzene rings is 1. The van der Waals surface area contributed by atoms with E-state index in [-0.39, 0.29) is 12.3 Å². The summed E-state index contributed by atoms with van der Waals surface area (Å²) < 4.78 is 10.9. The highest BCUT2D eigenvalue weighted by atomic mass is 79.9. The van der Waals surface area contributed by atoms with Crippen molar-refractivity contribution in [1.82, 2.24) is 4.90 Å². The molecule has 0 unspecified atom stereocenters. The van der Waals surface area contributed by atoms with Crippen molar-refractivity contribution in [3.63, 3.8) is 0 Å². The molecule has 5 nitrogen and oxygen atoms in total. The fraction of sp³-hybridized carbons (Fsp3) is 0.467. The molecule has 2 amide bonds. The van der Waals surface area contributed by atoms with Gasteiger partial charge < -0.3 is 10.6 Å². The molecule has 1 aromatic rings. The van der Waals surface area contributed by atoms with Crippen LogP contribution in [-0.2, 0) is 26.8 Å². The first-order valence-electron chi connectivity index (χ1n) is 7.04. The Kier molecular flexibility index (Phi) is 3.82. The molecule has 1 aromatic carbocycles. The Morgan fingerprint density at radius 2 is 1.87 bits per heavy atom. The summed E-state index contributed by atoms with van der Waals surface area (Å²) in [6.45, 7) is 3.47. The van der Waals surface area contributed by atoms with Gasteiger partial charge >= 0.3 is 0 Å². The normalized spacial score (nSPS) is 33.9. The quantitative estimate of drug-likeness (QED) is 0.546. The van der Waals surface area contributed by atoms with E-state index in [2.05, 4.69) is 31.9 Å². The van der Waals surface area contributed by atoms with Gasteiger partial charge in [-0.2, -0.15) is 0 Å². The van der Waals surface area contributed by atoms with Crippen LogP contribution in [0.2, 0.25) is 0 Å². The van der Waals surface area contributed by atoms with E-state index < -0.39 is 35.6 Å². The number of rotatable bonds is 3. The van der Waals surface area contributed by atoms with Crippen molar-refractivity contribution >= 4 is 54.5 Å².